The first-order valence-corrected chi connectivity index (χ1v) is 6.39. The number of carbonyl (C=O) groups excluding carboxylic acids is 2. The smallest absolute Gasteiger partial charge is 0.407 e. The van der Waals surface area contributed by atoms with E-state index in [4.69, 9.17) is 10.5 Å². The molecule has 0 atom stereocenters. The van der Waals surface area contributed by atoms with Crippen LogP contribution in [0.4, 0.5) is 16.2 Å². The number of nitrogen functional groups attached to an aromatic ring is 1. The van der Waals surface area contributed by atoms with E-state index in [1.54, 1.807) is 45.0 Å². The monoisotopic (exact) mass is 279 g/mol. The molecule has 0 radical (unpaired) electrons. The van der Waals surface area contributed by atoms with Gasteiger partial charge in [0, 0.05) is 13.0 Å². The number of nitrogens with two attached hydrogens (primary N) is 1. The van der Waals surface area contributed by atoms with Gasteiger partial charge in [0.2, 0.25) is 5.91 Å². The Morgan fingerprint density at radius 2 is 1.90 bits per heavy atom. The van der Waals surface area contributed by atoms with E-state index >= 15 is 0 Å². The fraction of sp³-hybridized carbons (Fsp3) is 0.429. The second kappa shape index (κ2) is 6.79. The lowest BCUT2D eigenvalue weighted by Crippen LogP contribution is -2.34. The van der Waals surface area contributed by atoms with Gasteiger partial charge in [0.1, 0.15) is 5.60 Å². The lowest BCUT2D eigenvalue weighted by atomic mass is 10.2. The molecule has 1 aromatic rings. The molecule has 0 aliphatic carbocycles. The SMILES string of the molecule is CC(C)(C)OC(=O)NCCC(=O)Nc1ccccc1N. The highest BCUT2D eigenvalue weighted by Gasteiger charge is 2.15. The van der Waals surface area contributed by atoms with E-state index in [9.17, 15) is 9.59 Å². The van der Waals surface area contributed by atoms with E-state index in [0.29, 0.717) is 11.4 Å². The van der Waals surface area contributed by atoms with E-state index in [1.807, 2.05) is 0 Å². The van der Waals surface area contributed by atoms with Gasteiger partial charge in [0.25, 0.3) is 0 Å². The molecular weight excluding hydrogens is 258 g/mol. The van der Waals surface area contributed by atoms with Crippen molar-refractivity contribution in [2.75, 3.05) is 17.6 Å². The summed E-state index contributed by atoms with van der Waals surface area (Å²) in [5, 5.41) is 5.19. The van der Waals surface area contributed by atoms with Crippen molar-refractivity contribution in [3.8, 4) is 0 Å². The standard InChI is InChI=1S/C14H21N3O3/c1-14(2,3)20-13(19)16-9-8-12(18)17-11-7-5-4-6-10(11)15/h4-7H,8-9,15H2,1-3H3,(H,16,19)(H,17,18). The molecule has 20 heavy (non-hydrogen) atoms. The molecule has 0 aliphatic heterocycles. The van der Waals surface area contributed by atoms with E-state index in [2.05, 4.69) is 10.6 Å². The number of hydrogen-bond donors (Lipinski definition) is 3. The maximum Gasteiger partial charge on any atom is 0.407 e. The number of para-hydroxylation sites is 2. The molecule has 6 nitrogen and oxygen atoms in total. The van der Waals surface area contributed by atoms with Gasteiger partial charge in [-0.1, -0.05) is 12.1 Å². The zero-order valence-electron chi connectivity index (χ0n) is 12.0. The normalized spacial score (nSPS) is 10.8. The predicted molar refractivity (Wildman–Crippen MR) is 78.3 cm³/mol. The molecule has 0 bridgehead atoms. The summed E-state index contributed by atoms with van der Waals surface area (Å²) in [5.74, 6) is -0.223. The lowest BCUT2D eigenvalue weighted by Gasteiger charge is -2.19. The van der Waals surface area contributed by atoms with Crippen LogP contribution in [0, 0.1) is 0 Å². The maximum absolute atomic E-state index is 11.7. The molecule has 0 aliphatic rings. The van der Waals surface area contributed by atoms with Crippen LogP contribution in [-0.2, 0) is 9.53 Å². The highest BCUT2D eigenvalue weighted by Crippen LogP contribution is 2.16. The van der Waals surface area contributed by atoms with Gasteiger partial charge in [0.05, 0.1) is 11.4 Å². The maximum atomic E-state index is 11.7. The van der Waals surface area contributed by atoms with Crippen LogP contribution in [0.25, 0.3) is 0 Å². The molecule has 0 saturated heterocycles. The summed E-state index contributed by atoms with van der Waals surface area (Å²) in [7, 11) is 0. The van der Waals surface area contributed by atoms with E-state index < -0.39 is 11.7 Å². The van der Waals surface area contributed by atoms with Crippen LogP contribution in [-0.4, -0.2) is 24.1 Å². The molecule has 4 N–H and O–H groups in total. The zero-order chi connectivity index (χ0) is 15.2. The topological polar surface area (TPSA) is 93.4 Å². The predicted octanol–water partition coefficient (Wildman–Crippen LogP) is 2.12. The number of anilines is 2. The van der Waals surface area contributed by atoms with Gasteiger partial charge in [-0.2, -0.15) is 0 Å². The summed E-state index contributed by atoms with van der Waals surface area (Å²) < 4.78 is 5.06. The van der Waals surface area contributed by atoms with Gasteiger partial charge in [-0.3, -0.25) is 4.79 Å². The van der Waals surface area contributed by atoms with E-state index in [0.717, 1.165) is 0 Å². The summed E-state index contributed by atoms with van der Waals surface area (Å²) in [5.41, 5.74) is 6.23. The fourth-order valence-electron chi connectivity index (χ4n) is 1.42. The molecule has 1 aromatic carbocycles. The first-order chi connectivity index (χ1) is 9.28. The van der Waals surface area contributed by atoms with Crippen LogP contribution < -0.4 is 16.4 Å². The zero-order valence-corrected chi connectivity index (χ0v) is 12.0. The number of ether oxygens (including phenoxy) is 1. The van der Waals surface area contributed by atoms with Gasteiger partial charge in [-0.25, -0.2) is 4.79 Å². The molecule has 0 fully saturated rings. The number of nitrogens with one attached hydrogen (secondary N) is 2. The molecule has 2 amide bonds. The van der Waals surface area contributed by atoms with Crippen molar-refractivity contribution in [2.24, 2.45) is 0 Å². The van der Waals surface area contributed by atoms with Gasteiger partial charge in [0.15, 0.2) is 0 Å². The molecule has 0 unspecified atom stereocenters. The minimum Gasteiger partial charge on any atom is -0.444 e. The molecule has 0 spiro atoms. The van der Waals surface area contributed by atoms with Crippen LogP contribution in [0.15, 0.2) is 24.3 Å². The lowest BCUT2D eigenvalue weighted by molar-refractivity contribution is -0.116. The summed E-state index contributed by atoms with van der Waals surface area (Å²) in [4.78, 5) is 23.0. The summed E-state index contributed by atoms with van der Waals surface area (Å²) >= 11 is 0. The van der Waals surface area contributed by atoms with Gasteiger partial charge < -0.3 is 21.1 Å². The number of carbonyl (C=O) groups is 2. The van der Waals surface area contributed by atoms with Crippen LogP contribution >= 0.6 is 0 Å². The van der Waals surface area contributed by atoms with Crippen LogP contribution in [0.3, 0.4) is 0 Å². The molecule has 0 saturated carbocycles. The average molecular weight is 279 g/mol. The first-order valence-electron chi connectivity index (χ1n) is 6.39. The Kier molecular flexibility index (Phi) is 5.37. The summed E-state index contributed by atoms with van der Waals surface area (Å²) in [6.45, 7) is 5.53. The third kappa shape index (κ3) is 6.08. The molecule has 0 aromatic heterocycles. The van der Waals surface area contributed by atoms with Crippen molar-refractivity contribution in [3.63, 3.8) is 0 Å². The second-order valence-electron chi connectivity index (χ2n) is 5.31. The second-order valence-corrected chi connectivity index (χ2v) is 5.31. The highest BCUT2D eigenvalue weighted by molar-refractivity contribution is 5.93. The Labute approximate surface area is 118 Å². The van der Waals surface area contributed by atoms with Crippen LogP contribution in [0.1, 0.15) is 27.2 Å². The van der Waals surface area contributed by atoms with Gasteiger partial charge in [-0.15, -0.1) is 0 Å². The number of alkyl carbamates (subject to hydrolysis) is 1. The van der Waals surface area contributed by atoms with Crippen LogP contribution in [0.2, 0.25) is 0 Å². The average Bonchev–Trinajstić information content (AvgIpc) is 2.29. The van der Waals surface area contributed by atoms with E-state index in [1.165, 1.54) is 0 Å². The minimum atomic E-state index is -0.551. The molecule has 0 heterocycles. The Morgan fingerprint density at radius 3 is 2.50 bits per heavy atom. The third-order valence-corrected chi connectivity index (χ3v) is 2.26. The molecule has 110 valence electrons. The Morgan fingerprint density at radius 1 is 1.25 bits per heavy atom. The minimum absolute atomic E-state index is 0.146. The Hall–Kier alpha value is -2.24. The van der Waals surface area contributed by atoms with Crippen molar-refractivity contribution in [3.05, 3.63) is 24.3 Å². The van der Waals surface area contributed by atoms with E-state index in [-0.39, 0.29) is 18.9 Å². The number of amides is 2. The van der Waals surface area contributed by atoms with Gasteiger partial charge in [-0.05, 0) is 32.9 Å². The van der Waals surface area contributed by atoms with Gasteiger partial charge >= 0.3 is 6.09 Å². The van der Waals surface area contributed by atoms with Crippen molar-refractivity contribution in [1.29, 1.82) is 0 Å². The third-order valence-electron chi connectivity index (χ3n) is 2.26. The first kappa shape index (κ1) is 15.8. The fourth-order valence-corrected chi connectivity index (χ4v) is 1.42. The van der Waals surface area contributed by atoms with Crippen molar-refractivity contribution < 1.29 is 14.3 Å². The number of benzene rings is 1. The quantitative estimate of drug-likeness (QED) is 0.736. The summed E-state index contributed by atoms with van der Waals surface area (Å²) in [6.07, 6.45) is -0.391. The van der Waals surface area contributed by atoms with Crippen molar-refractivity contribution >= 4 is 23.4 Å². The van der Waals surface area contributed by atoms with Crippen molar-refractivity contribution in [2.45, 2.75) is 32.8 Å². The Balaban J connectivity index is 2.31. The molecular formula is C14H21N3O3. The Bertz CT molecular complexity index is 481. The summed E-state index contributed by atoms with van der Waals surface area (Å²) in [6, 6.07) is 6.99. The highest BCUT2D eigenvalue weighted by atomic mass is 16.6. The number of hydrogen-bond acceptors (Lipinski definition) is 4. The largest absolute Gasteiger partial charge is 0.444 e. The van der Waals surface area contributed by atoms with Crippen LogP contribution in [0.5, 0.6) is 0 Å². The van der Waals surface area contributed by atoms with Crippen molar-refractivity contribution in [1.82, 2.24) is 5.32 Å². The number of rotatable bonds is 4. The molecule has 1 rings (SSSR count). The molecule has 6 heteroatoms.